The molecule has 1 rings (SSSR count). The quantitative estimate of drug-likeness (QED) is 0.726. The van der Waals surface area contributed by atoms with Crippen LogP contribution >= 0.6 is 0 Å². The predicted molar refractivity (Wildman–Crippen MR) is 68.3 cm³/mol. The van der Waals surface area contributed by atoms with E-state index in [1.165, 1.54) is 0 Å². The Morgan fingerprint density at radius 2 is 2.19 bits per heavy atom. The number of nitrogens with two attached hydrogens (primary N) is 1. The summed E-state index contributed by atoms with van der Waals surface area (Å²) in [5, 5.41) is 10.3. The molecule has 1 saturated carbocycles. The van der Waals surface area contributed by atoms with Gasteiger partial charge in [0.15, 0.2) is 0 Å². The van der Waals surface area contributed by atoms with Gasteiger partial charge in [0.1, 0.15) is 0 Å². The van der Waals surface area contributed by atoms with Crippen molar-refractivity contribution in [2.24, 2.45) is 11.7 Å². The smallest absolute Gasteiger partial charge is 0.0797 e. The third-order valence-electron chi connectivity index (χ3n) is 4.18. The first-order chi connectivity index (χ1) is 7.53. The van der Waals surface area contributed by atoms with Crippen molar-refractivity contribution < 1.29 is 5.11 Å². The summed E-state index contributed by atoms with van der Waals surface area (Å²) in [5.41, 5.74) is 5.12. The summed E-state index contributed by atoms with van der Waals surface area (Å²) in [4.78, 5) is 2.45. The molecular weight excluding hydrogens is 200 g/mol. The molecule has 0 radical (unpaired) electrons. The van der Waals surface area contributed by atoms with Crippen molar-refractivity contribution in [2.75, 3.05) is 19.6 Å². The second-order valence-electron chi connectivity index (χ2n) is 5.41. The highest BCUT2D eigenvalue weighted by atomic mass is 16.3. The van der Waals surface area contributed by atoms with E-state index in [1.54, 1.807) is 0 Å². The lowest BCUT2D eigenvalue weighted by atomic mass is 9.88. The Kier molecular flexibility index (Phi) is 5.22. The molecule has 0 aromatic rings. The number of nitrogens with zero attached hydrogens (tertiary/aromatic N) is 1. The average molecular weight is 228 g/mol. The molecule has 16 heavy (non-hydrogen) atoms. The van der Waals surface area contributed by atoms with Gasteiger partial charge in [-0.2, -0.15) is 0 Å². The van der Waals surface area contributed by atoms with Gasteiger partial charge >= 0.3 is 0 Å². The third-order valence-corrected chi connectivity index (χ3v) is 4.18. The van der Waals surface area contributed by atoms with Gasteiger partial charge in [-0.05, 0) is 52.1 Å². The van der Waals surface area contributed by atoms with E-state index in [-0.39, 0.29) is 0 Å². The average Bonchev–Trinajstić information content (AvgIpc) is 2.62. The molecule has 0 aromatic heterocycles. The maximum Gasteiger partial charge on any atom is 0.0797 e. The van der Waals surface area contributed by atoms with Crippen molar-refractivity contribution in [3.8, 4) is 0 Å². The predicted octanol–water partition coefficient (Wildman–Crippen LogP) is 1.60. The van der Waals surface area contributed by atoms with Gasteiger partial charge in [-0.1, -0.05) is 13.3 Å². The molecule has 3 heteroatoms. The van der Waals surface area contributed by atoms with Gasteiger partial charge in [-0.3, -0.25) is 0 Å². The molecule has 0 aliphatic heterocycles. The Morgan fingerprint density at radius 3 is 2.69 bits per heavy atom. The normalized spacial score (nSPS) is 30.6. The second-order valence-corrected chi connectivity index (χ2v) is 5.41. The first-order valence-electron chi connectivity index (χ1n) is 6.70. The lowest BCUT2D eigenvalue weighted by Gasteiger charge is -2.32. The zero-order valence-corrected chi connectivity index (χ0v) is 11.1. The molecule has 2 atom stereocenters. The number of rotatable bonds is 6. The van der Waals surface area contributed by atoms with Crippen LogP contribution in [-0.2, 0) is 0 Å². The van der Waals surface area contributed by atoms with Crippen LogP contribution in [0.15, 0.2) is 0 Å². The summed E-state index contributed by atoms with van der Waals surface area (Å²) in [7, 11) is 0. The van der Waals surface area contributed by atoms with Crippen LogP contribution in [0.25, 0.3) is 0 Å². The second kappa shape index (κ2) is 5.99. The van der Waals surface area contributed by atoms with E-state index >= 15 is 0 Å². The first kappa shape index (κ1) is 13.9. The fourth-order valence-electron chi connectivity index (χ4n) is 2.91. The Labute approximate surface area is 100 Å². The molecule has 0 spiro atoms. The van der Waals surface area contributed by atoms with Crippen LogP contribution in [0.1, 0.15) is 46.5 Å². The summed E-state index contributed by atoms with van der Waals surface area (Å²) in [5.74, 6) is 0.408. The fraction of sp³-hybridized carbons (Fsp3) is 1.00. The van der Waals surface area contributed by atoms with Crippen molar-refractivity contribution in [2.45, 2.75) is 58.1 Å². The molecule has 1 aliphatic rings. The minimum absolute atomic E-state index is 0.408. The van der Waals surface area contributed by atoms with Gasteiger partial charge in [0.2, 0.25) is 0 Å². The van der Waals surface area contributed by atoms with E-state index in [1.807, 2.05) is 0 Å². The largest absolute Gasteiger partial charge is 0.388 e. The maximum absolute atomic E-state index is 10.3. The lowest BCUT2D eigenvalue weighted by molar-refractivity contribution is 0.00366. The molecule has 1 fully saturated rings. The minimum Gasteiger partial charge on any atom is -0.388 e. The van der Waals surface area contributed by atoms with Gasteiger partial charge in [-0.15, -0.1) is 0 Å². The third kappa shape index (κ3) is 3.19. The first-order valence-corrected chi connectivity index (χ1v) is 6.70. The van der Waals surface area contributed by atoms with E-state index in [0.29, 0.717) is 18.5 Å². The van der Waals surface area contributed by atoms with Gasteiger partial charge in [-0.25, -0.2) is 0 Å². The summed E-state index contributed by atoms with van der Waals surface area (Å²) < 4.78 is 0. The van der Waals surface area contributed by atoms with E-state index in [9.17, 15) is 5.11 Å². The van der Waals surface area contributed by atoms with Gasteiger partial charge in [0.25, 0.3) is 0 Å². The zero-order chi connectivity index (χ0) is 12.2. The Morgan fingerprint density at radius 1 is 1.50 bits per heavy atom. The van der Waals surface area contributed by atoms with E-state index in [2.05, 4.69) is 25.7 Å². The summed E-state index contributed by atoms with van der Waals surface area (Å²) in [6.45, 7) is 9.25. The fourth-order valence-corrected chi connectivity index (χ4v) is 2.91. The van der Waals surface area contributed by atoms with Crippen molar-refractivity contribution in [3.05, 3.63) is 0 Å². The molecule has 0 aromatic carbocycles. The van der Waals surface area contributed by atoms with Crippen molar-refractivity contribution >= 4 is 0 Å². The Bertz CT molecular complexity index is 208. The van der Waals surface area contributed by atoms with Crippen molar-refractivity contribution in [3.63, 3.8) is 0 Å². The van der Waals surface area contributed by atoms with Crippen LogP contribution in [0.4, 0.5) is 0 Å². The molecule has 0 amide bonds. The van der Waals surface area contributed by atoms with E-state index in [0.717, 1.165) is 38.8 Å². The zero-order valence-electron chi connectivity index (χ0n) is 11.1. The minimum atomic E-state index is -0.573. The van der Waals surface area contributed by atoms with Gasteiger partial charge in [0, 0.05) is 12.6 Å². The van der Waals surface area contributed by atoms with E-state index < -0.39 is 5.60 Å². The van der Waals surface area contributed by atoms with Crippen LogP contribution < -0.4 is 5.73 Å². The molecule has 2 unspecified atom stereocenters. The van der Waals surface area contributed by atoms with Crippen LogP contribution in [-0.4, -0.2) is 41.3 Å². The lowest BCUT2D eigenvalue weighted by Crippen LogP contribution is -2.43. The number of hydrogen-bond acceptors (Lipinski definition) is 3. The summed E-state index contributed by atoms with van der Waals surface area (Å²) in [6.07, 6.45) is 4.25. The van der Waals surface area contributed by atoms with Crippen LogP contribution in [0.3, 0.4) is 0 Å². The highest BCUT2D eigenvalue weighted by Crippen LogP contribution is 2.37. The summed E-state index contributed by atoms with van der Waals surface area (Å²) >= 11 is 0. The molecule has 3 nitrogen and oxygen atoms in total. The van der Waals surface area contributed by atoms with E-state index in [4.69, 9.17) is 5.73 Å². The Hall–Kier alpha value is -0.120. The molecule has 3 N–H and O–H groups in total. The molecule has 0 heterocycles. The van der Waals surface area contributed by atoms with Crippen LogP contribution in [0.5, 0.6) is 0 Å². The molecule has 1 aliphatic carbocycles. The number of hydrogen-bond donors (Lipinski definition) is 2. The highest BCUT2D eigenvalue weighted by Gasteiger charge is 2.39. The van der Waals surface area contributed by atoms with Gasteiger partial charge < -0.3 is 15.7 Å². The maximum atomic E-state index is 10.3. The molecular formula is C13H28N2O. The van der Waals surface area contributed by atoms with Gasteiger partial charge in [0.05, 0.1) is 5.60 Å². The molecule has 96 valence electrons. The molecule has 0 saturated heterocycles. The monoisotopic (exact) mass is 228 g/mol. The topological polar surface area (TPSA) is 49.5 Å². The SMILES string of the molecule is CCN(CCC1CCCC1(O)CN)C(C)C. The van der Waals surface area contributed by atoms with Crippen molar-refractivity contribution in [1.82, 2.24) is 4.90 Å². The Balaban J connectivity index is 2.42. The van der Waals surface area contributed by atoms with Crippen molar-refractivity contribution in [1.29, 1.82) is 0 Å². The highest BCUT2D eigenvalue weighted by molar-refractivity contribution is 4.93. The van der Waals surface area contributed by atoms with Crippen LogP contribution in [0.2, 0.25) is 0 Å². The van der Waals surface area contributed by atoms with Crippen LogP contribution in [0, 0.1) is 5.92 Å². The number of aliphatic hydroxyl groups is 1. The molecule has 0 bridgehead atoms. The summed E-state index contributed by atoms with van der Waals surface area (Å²) in [6, 6.07) is 0.595. The standard InChI is InChI=1S/C13H28N2O/c1-4-15(11(2)3)9-7-12-6-5-8-13(12,16)10-14/h11-12,16H,4-10,14H2,1-3H3.